The summed E-state index contributed by atoms with van der Waals surface area (Å²) in [5.41, 5.74) is 1.14. The van der Waals surface area contributed by atoms with Crippen molar-refractivity contribution in [3.05, 3.63) is 87.0 Å². The normalized spacial score (nSPS) is 14.6. The zero-order valence-corrected chi connectivity index (χ0v) is 17.0. The minimum absolute atomic E-state index is 0.0775. The highest BCUT2D eigenvalue weighted by Crippen LogP contribution is 2.29. The molecule has 1 aliphatic heterocycles. The van der Waals surface area contributed by atoms with E-state index in [1.807, 2.05) is 12.1 Å². The highest BCUT2D eigenvalue weighted by Gasteiger charge is 2.23. The number of nitrogens with zero attached hydrogens (tertiary/aromatic N) is 3. The number of rotatable bonds is 5. The monoisotopic (exact) mass is 425 g/mol. The van der Waals surface area contributed by atoms with E-state index in [9.17, 15) is 19.3 Å². The Hall–Kier alpha value is -3.10. The molecular weight excluding hydrogens is 405 g/mol. The first kappa shape index (κ1) is 20.2. The molecule has 0 atom stereocenters. The van der Waals surface area contributed by atoms with Crippen molar-refractivity contribution in [2.24, 2.45) is 0 Å². The summed E-state index contributed by atoms with van der Waals surface area (Å²) in [7, 11) is 0. The number of amides is 1. The average Bonchev–Trinajstić information content (AvgIpc) is 3.22. The summed E-state index contributed by atoms with van der Waals surface area (Å²) in [6.07, 6.45) is 0. The summed E-state index contributed by atoms with van der Waals surface area (Å²) in [4.78, 5) is 29.4. The molecule has 2 aromatic carbocycles. The van der Waals surface area contributed by atoms with Crippen LogP contribution in [-0.2, 0) is 6.54 Å². The third-order valence-corrected chi connectivity index (χ3v) is 6.23. The van der Waals surface area contributed by atoms with E-state index in [1.165, 1.54) is 35.2 Å². The first-order valence-corrected chi connectivity index (χ1v) is 10.4. The Bertz CT molecular complexity index is 1080. The minimum atomic E-state index is -0.492. The van der Waals surface area contributed by atoms with E-state index in [4.69, 9.17) is 0 Å². The smallest absolute Gasteiger partial charge is 0.270 e. The Kier molecular flexibility index (Phi) is 5.87. The van der Waals surface area contributed by atoms with E-state index in [0.717, 1.165) is 30.1 Å². The maximum absolute atomic E-state index is 13.4. The maximum Gasteiger partial charge on any atom is 0.270 e. The molecule has 0 saturated carbocycles. The average molecular weight is 425 g/mol. The number of hydrogen-bond donors (Lipinski definition) is 0. The molecule has 3 aromatic rings. The van der Waals surface area contributed by atoms with Crippen molar-refractivity contribution in [2.45, 2.75) is 6.54 Å². The van der Waals surface area contributed by atoms with Gasteiger partial charge in [0.05, 0.1) is 4.92 Å². The Morgan fingerprint density at radius 1 is 1.03 bits per heavy atom. The number of piperazine rings is 1. The van der Waals surface area contributed by atoms with Crippen LogP contribution in [-0.4, -0.2) is 46.8 Å². The maximum atomic E-state index is 13.4. The van der Waals surface area contributed by atoms with Gasteiger partial charge in [0.25, 0.3) is 11.6 Å². The molecule has 0 N–H and O–H groups in total. The second kappa shape index (κ2) is 8.73. The molecule has 30 heavy (non-hydrogen) atoms. The Morgan fingerprint density at radius 3 is 2.53 bits per heavy atom. The summed E-state index contributed by atoms with van der Waals surface area (Å²) >= 11 is 1.64. The van der Waals surface area contributed by atoms with E-state index in [0.29, 0.717) is 18.7 Å². The molecule has 2 heterocycles. The van der Waals surface area contributed by atoms with Gasteiger partial charge in [0.2, 0.25) is 0 Å². The molecule has 1 fully saturated rings. The highest BCUT2D eigenvalue weighted by atomic mass is 32.1. The van der Waals surface area contributed by atoms with Gasteiger partial charge in [-0.05, 0) is 35.9 Å². The van der Waals surface area contributed by atoms with Gasteiger partial charge in [-0.1, -0.05) is 18.2 Å². The van der Waals surface area contributed by atoms with Crippen LogP contribution in [0, 0.1) is 15.9 Å². The van der Waals surface area contributed by atoms with E-state index in [-0.39, 0.29) is 17.4 Å². The van der Waals surface area contributed by atoms with Crippen molar-refractivity contribution < 1.29 is 14.1 Å². The number of carbonyl (C=O) groups excluding carboxylic acids is 1. The topological polar surface area (TPSA) is 66.7 Å². The minimum Gasteiger partial charge on any atom is -0.336 e. The predicted molar refractivity (Wildman–Crippen MR) is 114 cm³/mol. The van der Waals surface area contributed by atoms with Crippen LogP contribution < -0.4 is 0 Å². The van der Waals surface area contributed by atoms with Crippen molar-refractivity contribution in [1.29, 1.82) is 0 Å². The van der Waals surface area contributed by atoms with Crippen LogP contribution in [0.1, 0.15) is 15.2 Å². The summed E-state index contributed by atoms with van der Waals surface area (Å²) in [6, 6.07) is 16.5. The predicted octanol–water partition coefficient (Wildman–Crippen LogP) is 4.42. The quantitative estimate of drug-likeness (QED) is 0.448. The molecule has 6 nitrogen and oxygen atoms in total. The zero-order chi connectivity index (χ0) is 21.1. The van der Waals surface area contributed by atoms with Gasteiger partial charge >= 0.3 is 0 Å². The largest absolute Gasteiger partial charge is 0.336 e. The second-order valence-corrected chi connectivity index (χ2v) is 8.32. The molecule has 1 aliphatic rings. The van der Waals surface area contributed by atoms with Gasteiger partial charge in [-0.3, -0.25) is 19.8 Å². The second-order valence-electron chi connectivity index (χ2n) is 7.15. The van der Waals surface area contributed by atoms with Crippen LogP contribution in [0.15, 0.2) is 60.7 Å². The summed E-state index contributed by atoms with van der Waals surface area (Å²) in [5, 5.41) is 10.9. The van der Waals surface area contributed by atoms with Crippen molar-refractivity contribution in [3.63, 3.8) is 0 Å². The number of carbonyl (C=O) groups is 1. The lowest BCUT2D eigenvalue weighted by molar-refractivity contribution is -0.384. The number of benzene rings is 2. The molecule has 0 bridgehead atoms. The Labute approximate surface area is 177 Å². The molecule has 1 aromatic heterocycles. The van der Waals surface area contributed by atoms with Gasteiger partial charge in [-0.2, -0.15) is 0 Å². The van der Waals surface area contributed by atoms with E-state index in [1.54, 1.807) is 28.4 Å². The van der Waals surface area contributed by atoms with E-state index < -0.39 is 4.92 Å². The molecule has 4 rings (SSSR count). The Balaban J connectivity index is 1.34. The third-order valence-electron chi connectivity index (χ3n) is 5.11. The fourth-order valence-corrected chi connectivity index (χ4v) is 4.57. The molecular formula is C22H20FN3O3S. The van der Waals surface area contributed by atoms with Crippen LogP contribution in [0.2, 0.25) is 0 Å². The molecule has 1 amide bonds. The van der Waals surface area contributed by atoms with Gasteiger partial charge in [-0.15, -0.1) is 11.3 Å². The summed E-state index contributed by atoms with van der Waals surface area (Å²) < 4.78 is 13.4. The standard InChI is InChI=1S/C22H20FN3O3S/c23-18-5-1-3-16(13-18)21-8-7-20(30-21)15-24-9-11-25(12-10-24)22(27)17-4-2-6-19(14-17)26(28)29/h1-8,13-14H,9-12,15H2. The van der Waals surface area contributed by atoms with E-state index in [2.05, 4.69) is 11.0 Å². The van der Waals surface area contributed by atoms with Gasteiger partial charge in [0.15, 0.2) is 0 Å². The lowest BCUT2D eigenvalue weighted by Gasteiger charge is -2.34. The number of non-ortho nitro benzene ring substituents is 1. The zero-order valence-electron chi connectivity index (χ0n) is 16.2. The van der Waals surface area contributed by atoms with Gasteiger partial charge in [0, 0.05) is 60.2 Å². The van der Waals surface area contributed by atoms with Gasteiger partial charge in [-0.25, -0.2) is 4.39 Å². The molecule has 8 heteroatoms. The lowest BCUT2D eigenvalue weighted by Crippen LogP contribution is -2.48. The molecule has 0 aliphatic carbocycles. The van der Waals surface area contributed by atoms with Crippen LogP contribution in [0.3, 0.4) is 0 Å². The molecule has 0 unspecified atom stereocenters. The highest BCUT2D eigenvalue weighted by molar-refractivity contribution is 7.15. The number of hydrogen-bond acceptors (Lipinski definition) is 5. The fraction of sp³-hybridized carbons (Fsp3) is 0.227. The fourth-order valence-electron chi connectivity index (χ4n) is 3.52. The number of thiophene rings is 1. The van der Waals surface area contributed by atoms with Crippen LogP contribution in [0.25, 0.3) is 10.4 Å². The van der Waals surface area contributed by atoms with Crippen LogP contribution in [0.5, 0.6) is 0 Å². The van der Waals surface area contributed by atoms with Crippen molar-refractivity contribution >= 4 is 22.9 Å². The first-order valence-electron chi connectivity index (χ1n) is 9.60. The number of nitro benzene ring substituents is 1. The van der Waals surface area contributed by atoms with Gasteiger partial charge < -0.3 is 4.90 Å². The van der Waals surface area contributed by atoms with Crippen molar-refractivity contribution in [3.8, 4) is 10.4 Å². The van der Waals surface area contributed by atoms with Crippen LogP contribution >= 0.6 is 11.3 Å². The SMILES string of the molecule is O=C(c1cccc([N+](=O)[O-])c1)N1CCN(Cc2ccc(-c3cccc(F)c3)s2)CC1. The Morgan fingerprint density at radius 2 is 1.80 bits per heavy atom. The summed E-state index contributed by atoms with van der Waals surface area (Å²) in [5.74, 6) is -0.421. The molecule has 0 spiro atoms. The van der Waals surface area contributed by atoms with Crippen LogP contribution in [0.4, 0.5) is 10.1 Å². The van der Waals surface area contributed by atoms with Crippen molar-refractivity contribution in [1.82, 2.24) is 9.80 Å². The lowest BCUT2D eigenvalue weighted by atomic mass is 10.1. The molecule has 0 radical (unpaired) electrons. The van der Waals surface area contributed by atoms with Crippen molar-refractivity contribution in [2.75, 3.05) is 26.2 Å². The molecule has 154 valence electrons. The summed E-state index contributed by atoms with van der Waals surface area (Å²) in [6.45, 7) is 3.38. The van der Waals surface area contributed by atoms with Gasteiger partial charge in [0.1, 0.15) is 5.82 Å². The molecule has 1 saturated heterocycles. The van der Waals surface area contributed by atoms with E-state index >= 15 is 0 Å². The first-order chi connectivity index (χ1) is 14.5. The number of nitro groups is 1. The third kappa shape index (κ3) is 4.55. The number of halogens is 1.